The Kier molecular flexibility index (Phi) is 5.35. The quantitative estimate of drug-likeness (QED) is 0.791. The molecule has 0 aromatic carbocycles. The van der Waals surface area contributed by atoms with E-state index in [2.05, 4.69) is 24.5 Å². The highest BCUT2D eigenvalue weighted by Crippen LogP contribution is 2.30. The van der Waals surface area contributed by atoms with Crippen molar-refractivity contribution in [2.75, 3.05) is 20.1 Å². The van der Waals surface area contributed by atoms with Crippen molar-refractivity contribution in [3.8, 4) is 0 Å². The van der Waals surface area contributed by atoms with E-state index < -0.39 is 0 Å². The number of rotatable bonds is 4. The highest BCUT2D eigenvalue weighted by Gasteiger charge is 2.38. The van der Waals surface area contributed by atoms with E-state index in [1.165, 1.54) is 4.90 Å². The summed E-state index contributed by atoms with van der Waals surface area (Å²) in [6, 6.07) is -0.0988. The van der Waals surface area contributed by atoms with Crippen LogP contribution in [0.5, 0.6) is 0 Å². The smallest absolute Gasteiger partial charge is 0.240 e. The summed E-state index contributed by atoms with van der Waals surface area (Å²) in [6.45, 7) is 9.00. The number of piperidine rings is 1. The van der Waals surface area contributed by atoms with Crippen LogP contribution in [0.2, 0.25) is 0 Å². The van der Waals surface area contributed by atoms with Gasteiger partial charge in [0.2, 0.25) is 11.8 Å². The highest BCUT2D eigenvalue weighted by molar-refractivity contribution is 5.88. The maximum absolute atomic E-state index is 12.4. The second-order valence-electron chi connectivity index (χ2n) is 6.40. The van der Waals surface area contributed by atoms with Crippen molar-refractivity contribution in [3.63, 3.8) is 0 Å². The Balaban J connectivity index is 2.58. The number of hydrogen-bond donors (Lipinski definition) is 2. The lowest BCUT2D eigenvalue weighted by Gasteiger charge is -2.40. The van der Waals surface area contributed by atoms with Crippen LogP contribution in [0, 0.1) is 5.41 Å². The largest absolute Gasteiger partial charge is 0.352 e. The lowest BCUT2D eigenvalue weighted by Crippen LogP contribution is -2.57. The van der Waals surface area contributed by atoms with E-state index in [1.54, 1.807) is 7.05 Å². The van der Waals surface area contributed by atoms with Crippen LogP contribution < -0.4 is 10.6 Å². The van der Waals surface area contributed by atoms with Crippen molar-refractivity contribution in [1.82, 2.24) is 15.5 Å². The summed E-state index contributed by atoms with van der Waals surface area (Å²) in [5.41, 5.74) is -0.0574. The van der Waals surface area contributed by atoms with Crippen LogP contribution in [0.1, 0.15) is 40.5 Å². The number of hydrogen-bond acceptors (Lipinski definition) is 3. The highest BCUT2D eigenvalue weighted by atomic mass is 16.2. The first-order chi connectivity index (χ1) is 8.74. The van der Waals surface area contributed by atoms with Gasteiger partial charge in [-0.25, -0.2) is 0 Å². The van der Waals surface area contributed by atoms with Gasteiger partial charge in [0.15, 0.2) is 0 Å². The Morgan fingerprint density at radius 3 is 2.58 bits per heavy atom. The summed E-state index contributed by atoms with van der Waals surface area (Å²) < 4.78 is 0. The van der Waals surface area contributed by atoms with Gasteiger partial charge in [-0.3, -0.25) is 9.59 Å². The Morgan fingerprint density at radius 2 is 2.05 bits per heavy atom. The van der Waals surface area contributed by atoms with Gasteiger partial charge in [0.25, 0.3) is 0 Å². The molecular weight excluding hydrogens is 242 g/mol. The van der Waals surface area contributed by atoms with Gasteiger partial charge in [-0.2, -0.15) is 0 Å². The fourth-order valence-electron chi connectivity index (χ4n) is 2.51. The molecule has 0 radical (unpaired) electrons. The Morgan fingerprint density at radius 1 is 1.42 bits per heavy atom. The van der Waals surface area contributed by atoms with Crippen molar-refractivity contribution in [1.29, 1.82) is 0 Å². The van der Waals surface area contributed by atoms with Gasteiger partial charge in [0, 0.05) is 13.1 Å². The number of nitrogens with one attached hydrogen (secondary N) is 2. The number of nitrogens with zero attached hydrogens (tertiary/aromatic N) is 1. The van der Waals surface area contributed by atoms with Crippen molar-refractivity contribution < 1.29 is 9.59 Å². The lowest BCUT2D eigenvalue weighted by atomic mass is 9.77. The third-order valence-electron chi connectivity index (χ3n) is 3.58. The zero-order chi connectivity index (χ0) is 14.6. The summed E-state index contributed by atoms with van der Waals surface area (Å²) in [5.74, 6) is -0.108. The molecule has 19 heavy (non-hydrogen) atoms. The fourth-order valence-corrected chi connectivity index (χ4v) is 2.51. The Hall–Kier alpha value is -1.10. The predicted octanol–water partition coefficient (Wildman–Crippen LogP) is 0.748. The van der Waals surface area contributed by atoms with Crippen molar-refractivity contribution in [2.45, 2.75) is 52.6 Å². The second kappa shape index (κ2) is 6.37. The molecule has 0 saturated carbocycles. The molecule has 1 fully saturated rings. The van der Waals surface area contributed by atoms with Gasteiger partial charge >= 0.3 is 0 Å². The molecule has 0 aromatic rings. The standard InChI is InChI=1S/C14H27N3O2/c1-10(2)16-11(18)9-17(5)13(19)12-14(3,4)7-6-8-15-12/h10,12,15H,6-9H2,1-5H3,(H,16,18). The van der Waals surface area contributed by atoms with Gasteiger partial charge in [-0.15, -0.1) is 0 Å². The first-order valence-corrected chi connectivity index (χ1v) is 7.02. The lowest BCUT2D eigenvalue weighted by molar-refractivity contribution is -0.139. The van der Waals surface area contributed by atoms with E-state index in [1.807, 2.05) is 13.8 Å². The van der Waals surface area contributed by atoms with Gasteiger partial charge in [-0.1, -0.05) is 13.8 Å². The van der Waals surface area contributed by atoms with Crippen LogP contribution in [0.15, 0.2) is 0 Å². The summed E-state index contributed by atoms with van der Waals surface area (Å²) in [6.07, 6.45) is 2.12. The summed E-state index contributed by atoms with van der Waals surface area (Å²) in [7, 11) is 1.69. The molecule has 5 heteroatoms. The molecule has 110 valence electrons. The van der Waals surface area contributed by atoms with Crippen LogP contribution in [0.25, 0.3) is 0 Å². The molecule has 5 nitrogen and oxygen atoms in total. The van der Waals surface area contributed by atoms with E-state index in [0.29, 0.717) is 0 Å². The number of amides is 2. The molecule has 1 unspecified atom stereocenters. The Bertz CT molecular complexity index is 340. The molecule has 0 bridgehead atoms. The van der Waals surface area contributed by atoms with Crippen LogP contribution in [-0.2, 0) is 9.59 Å². The molecule has 1 aliphatic heterocycles. The van der Waals surface area contributed by atoms with Gasteiger partial charge in [-0.05, 0) is 38.6 Å². The molecule has 0 aliphatic carbocycles. The SMILES string of the molecule is CC(C)NC(=O)CN(C)C(=O)C1NCCCC1(C)C. The summed E-state index contributed by atoms with van der Waals surface area (Å²) in [5, 5.41) is 6.08. The van der Waals surface area contributed by atoms with E-state index >= 15 is 0 Å². The molecule has 0 aromatic heterocycles. The van der Waals surface area contributed by atoms with Gasteiger partial charge < -0.3 is 15.5 Å². The normalized spacial score (nSPS) is 22.1. The third-order valence-corrected chi connectivity index (χ3v) is 3.58. The predicted molar refractivity (Wildman–Crippen MR) is 75.7 cm³/mol. The van der Waals surface area contributed by atoms with Crippen LogP contribution in [0.4, 0.5) is 0 Å². The van der Waals surface area contributed by atoms with E-state index in [4.69, 9.17) is 0 Å². The second-order valence-corrected chi connectivity index (χ2v) is 6.40. The van der Waals surface area contributed by atoms with Gasteiger partial charge in [0.05, 0.1) is 12.6 Å². The molecule has 1 saturated heterocycles. The minimum Gasteiger partial charge on any atom is -0.352 e. The minimum absolute atomic E-state index is 0.00334. The molecule has 1 atom stereocenters. The topological polar surface area (TPSA) is 61.4 Å². The monoisotopic (exact) mass is 269 g/mol. The maximum atomic E-state index is 12.4. The van der Waals surface area contributed by atoms with Crippen LogP contribution in [-0.4, -0.2) is 48.9 Å². The third kappa shape index (κ3) is 4.49. The molecule has 2 amide bonds. The van der Waals surface area contributed by atoms with E-state index in [-0.39, 0.29) is 35.9 Å². The van der Waals surface area contributed by atoms with Crippen molar-refractivity contribution in [3.05, 3.63) is 0 Å². The summed E-state index contributed by atoms with van der Waals surface area (Å²) >= 11 is 0. The van der Waals surface area contributed by atoms with Crippen LogP contribution in [0.3, 0.4) is 0 Å². The number of likely N-dealkylation sites (N-methyl/N-ethyl adjacent to an activating group) is 1. The Labute approximate surface area is 116 Å². The maximum Gasteiger partial charge on any atom is 0.240 e. The average Bonchev–Trinajstić information content (AvgIpc) is 2.26. The molecule has 1 rings (SSSR count). The zero-order valence-corrected chi connectivity index (χ0v) is 12.7. The summed E-state index contributed by atoms with van der Waals surface area (Å²) in [4.78, 5) is 25.6. The molecule has 1 heterocycles. The van der Waals surface area contributed by atoms with Gasteiger partial charge in [0.1, 0.15) is 0 Å². The van der Waals surface area contributed by atoms with Crippen molar-refractivity contribution >= 4 is 11.8 Å². The van der Waals surface area contributed by atoms with E-state index in [9.17, 15) is 9.59 Å². The first kappa shape index (κ1) is 16.0. The van der Waals surface area contributed by atoms with E-state index in [0.717, 1.165) is 19.4 Å². The number of carbonyl (C=O) groups excluding carboxylic acids is 2. The first-order valence-electron chi connectivity index (χ1n) is 7.02. The number of carbonyl (C=O) groups is 2. The molecule has 0 spiro atoms. The fraction of sp³-hybridized carbons (Fsp3) is 0.857. The van der Waals surface area contributed by atoms with Crippen molar-refractivity contribution in [2.24, 2.45) is 5.41 Å². The molecule has 1 aliphatic rings. The minimum atomic E-state index is -0.196. The molecular formula is C14H27N3O2. The molecule has 2 N–H and O–H groups in total. The zero-order valence-electron chi connectivity index (χ0n) is 12.7. The average molecular weight is 269 g/mol. The van der Waals surface area contributed by atoms with Crippen LogP contribution >= 0.6 is 0 Å².